The topological polar surface area (TPSA) is 59.4 Å². The minimum absolute atomic E-state index is 0.0331. The van der Waals surface area contributed by atoms with Crippen molar-refractivity contribution in [2.45, 2.75) is 24.7 Å². The molecule has 32 heavy (non-hydrogen) atoms. The zero-order valence-electron chi connectivity index (χ0n) is 18.7. The van der Waals surface area contributed by atoms with Crippen molar-refractivity contribution in [3.05, 3.63) is 60.3 Å². The highest BCUT2D eigenvalue weighted by atomic mass is 32.2. The van der Waals surface area contributed by atoms with Crippen LogP contribution in [0.4, 0.5) is 5.69 Å². The molecule has 4 rings (SSSR count). The van der Waals surface area contributed by atoms with Crippen LogP contribution in [0.15, 0.2) is 59.6 Å². The molecule has 0 spiro atoms. The van der Waals surface area contributed by atoms with Gasteiger partial charge < -0.3 is 10.1 Å². The van der Waals surface area contributed by atoms with E-state index in [1.807, 2.05) is 48.1 Å². The molecule has 1 amide bonds. The standard InChI is InChI=1S/C25H30N4O2S/c1-19-5-8-21(9-6-19)32-18-25(30)27-20-7-10-24(31-16-15-29-13-3-4-14-29)22(17-20)23-11-12-26-28(23)2/h5-12,17H,3-4,13-16,18H2,1-2H3,(H,27,30). The number of anilines is 1. The van der Waals surface area contributed by atoms with Gasteiger partial charge in [-0.05, 0) is 69.3 Å². The van der Waals surface area contributed by atoms with Gasteiger partial charge >= 0.3 is 0 Å². The van der Waals surface area contributed by atoms with Crippen LogP contribution in [0.3, 0.4) is 0 Å². The number of thioether (sulfide) groups is 1. The normalized spacial score (nSPS) is 13.9. The molecule has 1 fully saturated rings. The largest absolute Gasteiger partial charge is 0.492 e. The van der Waals surface area contributed by atoms with Crippen molar-refractivity contribution in [2.24, 2.45) is 7.05 Å². The maximum Gasteiger partial charge on any atom is 0.234 e. The van der Waals surface area contributed by atoms with Crippen LogP contribution in [0.1, 0.15) is 18.4 Å². The van der Waals surface area contributed by atoms with Gasteiger partial charge in [0.15, 0.2) is 0 Å². The SMILES string of the molecule is Cc1ccc(SCC(=O)Nc2ccc(OCCN3CCCC3)c(-c3ccnn3C)c2)cc1. The van der Waals surface area contributed by atoms with Crippen molar-refractivity contribution in [1.29, 1.82) is 0 Å². The average molecular weight is 451 g/mol. The first kappa shape index (κ1) is 22.4. The highest BCUT2D eigenvalue weighted by Crippen LogP contribution is 2.32. The van der Waals surface area contributed by atoms with Gasteiger partial charge in [-0.2, -0.15) is 5.10 Å². The first-order valence-electron chi connectivity index (χ1n) is 11.1. The van der Waals surface area contributed by atoms with Gasteiger partial charge in [-0.25, -0.2) is 0 Å². The van der Waals surface area contributed by atoms with Crippen LogP contribution < -0.4 is 10.1 Å². The Labute approximate surface area is 194 Å². The number of ether oxygens (including phenoxy) is 1. The number of aromatic nitrogens is 2. The molecule has 7 heteroatoms. The van der Waals surface area contributed by atoms with Gasteiger partial charge in [-0.1, -0.05) is 17.7 Å². The Morgan fingerprint density at radius 2 is 1.91 bits per heavy atom. The zero-order valence-corrected chi connectivity index (χ0v) is 19.5. The second-order valence-corrected chi connectivity index (χ2v) is 9.15. The molecule has 3 aromatic rings. The van der Waals surface area contributed by atoms with E-state index in [1.165, 1.54) is 30.2 Å². The van der Waals surface area contributed by atoms with E-state index in [0.29, 0.717) is 12.4 Å². The summed E-state index contributed by atoms with van der Waals surface area (Å²) in [6.07, 6.45) is 4.32. The lowest BCUT2D eigenvalue weighted by molar-refractivity contribution is -0.113. The van der Waals surface area contributed by atoms with Crippen LogP contribution in [0, 0.1) is 6.92 Å². The molecular weight excluding hydrogens is 420 g/mol. The number of aryl methyl sites for hydroxylation is 2. The van der Waals surface area contributed by atoms with E-state index >= 15 is 0 Å². The lowest BCUT2D eigenvalue weighted by atomic mass is 10.1. The summed E-state index contributed by atoms with van der Waals surface area (Å²) in [5.41, 5.74) is 3.84. The molecular formula is C25H30N4O2S. The Hall–Kier alpha value is -2.77. The van der Waals surface area contributed by atoms with Gasteiger partial charge in [0.1, 0.15) is 12.4 Å². The number of rotatable bonds is 9. The van der Waals surface area contributed by atoms with Gasteiger partial charge in [0.25, 0.3) is 0 Å². The Morgan fingerprint density at radius 3 is 2.62 bits per heavy atom. The predicted octanol–water partition coefficient (Wildman–Crippen LogP) is 4.60. The van der Waals surface area contributed by atoms with Crippen LogP contribution in [0.25, 0.3) is 11.3 Å². The van der Waals surface area contributed by atoms with Crippen molar-refractivity contribution in [3.63, 3.8) is 0 Å². The van der Waals surface area contributed by atoms with Gasteiger partial charge in [0.2, 0.25) is 5.91 Å². The van der Waals surface area contributed by atoms with Crippen LogP contribution in [0.5, 0.6) is 5.75 Å². The Bertz CT molecular complexity index is 1040. The zero-order chi connectivity index (χ0) is 22.3. The van der Waals surface area contributed by atoms with Crippen molar-refractivity contribution in [2.75, 3.05) is 37.3 Å². The van der Waals surface area contributed by atoms with Crippen LogP contribution in [0.2, 0.25) is 0 Å². The minimum Gasteiger partial charge on any atom is -0.492 e. The van der Waals surface area contributed by atoms with Crippen LogP contribution in [-0.2, 0) is 11.8 Å². The molecule has 1 N–H and O–H groups in total. The number of nitrogens with one attached hydrogen (secondary N) is 1. The summed E-state index contributed by atoms with van der Waals surface area (Å²) in [6, 6.07) is 16.0. The van der Waals surface area contributed by atoms with Crippen LogP contribution in [-0.4, -0.2) is 52.6 Å². The average Bonchev–Trinajstić information content (AvgIpc) is 3.46. The highest BCUT2D eigenvalue weighted by Gasteiger charge is 2.15. The van der Waals surface area contributed by atoms with Gasteiger partial charge in [-0.15, -0.1) is 11.8 Å². The number of hydrogen-bond acceptors (Lipinski definition) is 5. The van der Waals surface area contributed by atoms with E-state index in [-0.39, 0.29) is 5.91 Å². The van der Waals surface area contributed by atoms with Gasteiger partial charge in [0.05, 0.1) is 11.4 Å². The third-order valence-electron chi connectivity index (χ3n) is 5.61. The number of carbonyl (C=O) groups excluding carboxylic acids is 1. The summed E-state index contributed by atoms with van der Waals surface area (Å²) in [5.74, 6) is 1.13. The number of benzene rings is 2. The molecule has 0 radical (unpaired) electrons. The predicted molar refractivity (Wildman–Crippen MR) is 130 cm³/mol. The second-order valence-electron chi connectivity index (χ2n) is 8.10. The smallest absolute Gasteiger partial charge is 0.234 e. The quantitative estimate of drug-likeness (QED) is 0.483. The minimum atomic E-state index is -0.0331. The van der Waals surface area contributed by atoms with E-state index in [2.05, 4.69) is 34.4 Å². The molecule has 0 saturated carbocycles. The van der Waals surface area contributed by atoms with Crippen molar-refractivity contribution < 1.29 is 9.53 Å². The maximum absolute atomic E-state index is 12.5. The molecule has 0 aliphatic carbocycles. The number of nitrogens with zero attached hydrogens (tertiary/aromatic N) is 3. The molecule has 1 aliphatic rings. The molecule has 0 unspecified atom stereocenters. The Kier molecular flexibility index (Phi) is 7.50. The number of hydrogen-bond donors (Lipinski definition) is 1. The first-order chi connectivity index (χ1) is 15.6. The third-order valence-corrected chi connectivity index (χ3v) is 6.63. The lowest BCUT2D eigenvalue weighted by Crippen LogP contribution is -2.25. The number of likely N-dealkylation sites (tertiary alicyclic amines) is 1. The molecule has 2 heterocycles. The van der Waals surface area contributed by atoms with Gasteiger partial charge in [-0.3, -0.25) is 14.4 Å². The Morgan fingerprint density at radius 1 is 1.12 bits per heavy atom. The summed E-state index contributed by atoms with van der Waals surface area (Å²) < 4.78 is 7.97. The van der Waals surface area contributed by atoms with Crippen LogP contribution >= 0.6 is 11.8 Å². The van der Waals surface area contributed by atoms with Crippen molar-refractivity contribution >= 4 is 23.4 Å². The highest BCUT2D eigenvalue weighted by molar-refractivity contribution is 8.00. The third kappa shape index (κ3) is 5.93. The number of amides is 1. The summed E-state index contributed by atoms with van der Waals surface area (Å²) >= 11 is 1.53. The fourth-order valence-corrected chi connectivity index (χ4v) is 4.54. The molecule has 2 aromatic carbocycles. The van der Waals surface area contributed by atoms with Gasteiger partial charge in [0, 0.05) is 35.9 Å². The molecule has 1 saturated heterocycles. The fraction of sp³-hybridized carbons (Fsp3) is 0.360. The van der Waals surface area contributed by atoms with E-state index in [4.69, 9.17) is 4.74 Å². The molecule has 0 bridgehead atoms. The molecule has 0 atom stereocenters. The first-order valence-corrected chi connectivity index (χ1v) is 12.0. The molecule has 6 nitrogen and oxygen atoms in total. The lowest BCUT2D eigenvalue weighted by Gasteiger charge is -2.17. The molecule has 1 aromatic heterocycles. The fourth-order valence-electron chi connectivity index (χ4n) is 3.84. The maximum atomic E-state index is 12.5. The van der Waals surface area contributed by atoms with Crippen molar-refractivity contribution in [3.8, 4) is 17.0 Å². The Balaban J connectivity index is 1.42. The summed E-state index contributed by atoms with van der Waals surface area (Å²) in [4.78, 5) is 16.1. The molecule has 1 aliphatic heterocycles. The summed E-state index contributed by atoms with van der Waals surface area (Å²) in [6.45, 7) is 5.94. The monoisotopic (exact) mass is 450 g/mol. The van der Waals surface area contributed by atoms with E-state index in [1.54, 1.807) is 6.20 Å². The van der Waals surface area contributed by atoms with E-state index in [9.17, 15) is 4.79 Å². The summed E-state index contributed by atoms with van der Waals surface area (Å²) in [5, 5.41) is 7.32. The number of carbonyl (C=O) groups is 1. The van der Waals surface area contributed by atoms with E-state index in [0.717, 1.165) is 47.2 Å². The second kappa shape index (κ2) is 10.7. The van der Waals surface area contributed by atoms with Crippen molar-refractivity contribution in [1.82, 2.24) is 14.7 Å². The van der Waals surface area contributed by atoms with E-state index < -0.39 is 0 Å². The molecule has 168 valence electrons. The summed E-state index contributed by atoms with van der Waals surface area (Å²) in [7, 11) is 1.91.